The van der Waals surface area contributed by atoms with E-state index in [2.05, 4.69) is 31.0 Å². The summed E-state index contributed by atoms with van der Waals surface area (Å²) in [5, 5.41) is 3.72. The largest absolute Gasteiger partial charge is 0.385 e. The summed E-state index contributed by atoms with van der Waals surface area (Å²) in [6.45, 7) is 11.5. The van der Waals surface area contributed by atoms with Crippen LogP contribution in [0, 0.1) is 5.92 Å². The van der Waals surface area contributed by atoms with E-state index >= 15 is 0 Å². The van der Waals surface area contributed by atoms with Crippen molar-refractivity contribution in [1.82, 2.24) is 10.2 Å². The highest BCUT2D eigenvalue weighted by Gasteiger charge is 2.20. The van der Waals surface area contributed by atoms with E-state index in [-0.39, 0.29) is 0 Å². The standard InChI is InChI=1S/C14H30N2O/c1-12(2)11-16-8-5-14(6-9-16)15-13(3)7-10-17-4/h12-15H,5-11H2,1-4H3. The second-order valence-corrected chi connectivity index (χ2v) is 5.82. The van der Waals surface area contributed by atoms with Gasteiger partial charge in [-0.3, -0.25) is 0 Å². The zero-order valence-electron chi connectivity index (χ0n) is 12.0. The van der Waals surface area contributed by atoms with Crippen LogP contribution in [0.3, 0.4) is 0 Å². The molecule has 1 unspecified atom stereocenters. The van der Waals surface area contributed by atoms with Crippen LogP contribution < -0.4 is 5.32 Å². The maximum Gasteiger partial charge on any atom is 0.0476 e. The minimum Gasteiger partial charge on any atom is -0.385 e. The number of hydrogen-bond acceptors (Lipinski definition) is 3. The monoisotopic (exact) mass is 242 g/mol. The molecule has 102 valence electrons. The summed E-state index contributed by atoms with van der Waals surface area (Å²) in [5.41, 5.74) is 0. The highest BCUT2D eigenvalue weighted by atomic mass is 16.5. The van der Waals surface area contributed by atoms with Gasteiger partial charge in [0.05, 0.1) is 0 Å². The lowest BCUT2D eigenvalue weighted by Gasteiger charge is -2.34. The smallest absolute Gasteiger partial charge is 0.0476 e. The first-order valence-electron chi connectivity index (χ1n) is 7.09. The number of nitrogens with zero attached hydrogens (tertiary/aromatic N) is 1. The Bertz CT molecular complexity index is 189. The van der Waals surface area contributed by atoms with E-state index in [1.807, 2.05) is 0 Å². The fourth-order valence-corrected chi connectivity index (χ4v) is 2.58. The molecule has 0 bridgehead atoms. The minimum absolute atomic E-state index is 0.580. The Morgan fingerprint density at radius 2 is 1.88 bits per heavy atom. The zero-order chi connectivity index (χ0) is 12.7. The van der Waals surface area contributed by atoms with E-state index in [1.165, 1.54) is 32.5 Å². The second-order valence-electron chi connectivity index (χ2n) is 5.82. The Morgan fingerprint density at radius 3 is 2.41 bits per heavy atom. The van der Waals surface area contributed by atoms with Gasteiger partial charge in [0.1, 0.15) is 0 Å². The van der Waals surface area contributed by atoms with Crippen LogP contribution in [0.15, 0.2) is 0 Å². The molecule has 1 heterocycles. The summed E-state index contributed by atoms with van der Waals surface area (Å²) in [7, 11) is 1.77. The number of hydrogen-bond donors (Lipinski definition) is 1. The third-order valence-electron chi connectivity index (χ3n) is 3.49. The molecule has 1 aliphatic heterocycles. The van der Waals surface area contributed by atoms with Crippen LogP contribution in [0.5, 0.6) is 0 Å². The van der Waals surface area contributed by atoms with Gasteiger partial charge in [0.2, 0.25) is 0 Å². The quantitative estimate of drug-likeness (QED) is 0.740. The van der Waals surface area contributed by atoms with Gasteiger partial charge in [-0.15, -0.1) is 0 Å². The van der Waals surface area contributed by atoms with Crippen LogP contribution in [0.2, 0.25) is 0 Å². The first-order chi connectivity index (χ1) is 8.11. The lowest BCUT2D eigenvalue weighted by atomic mass is 10.0. The van der Waals surface area contributed by atoms with Gasteiger partial charge in [0, 0.05) is 32.3 Å². The van der Waals surface area contributed by atoms with E-state index in [0.717, 1.165) is 18.9 Å². The molecule has 0 spiro atoms. The van der Waals surface area contributed by atoms with Gasteiger partial charge in [0.25, 0.3) is 0 Å². The molecule has 0 aromatic carbocycles. The van der Waals surface area contributed by atoms with Gasteiger partial charge < -0.3 is 15.0 Å². The van der Waals surface area contributed by atoms with Crippen molar-refractivity contribution in [3.05, 3.63) is 0 Å². The lowest BCUT2D eigenvalue weighted by Crippen LogP contribution is -2.46. The first-order valence-corrected chi connectivity index (χ1v) is 7.09. The van der Waals surface area contributed by atoms with Crippen LogP contribution >= 0.6 is 0 Å². The van der Waals surface area contributed by atoms with Crippen molar-refractivity contribution < 1.29 is 4.74 Å². The Labute approximate surface area is 107 Å². The maximum absolute atomic E-state index is 5.11. The van der Waals surface area contributed by atoms with Gasteiger partial charge in [-0.2, -0.15) is 0 Å². The van der Waals surface area contributed by atoms with Crippen LogP contribution in [0.4, 0.5) is 0 Å². The first kappa shape index (κ1) is 14.9. The molecule has 0 saturated carbocycles. The number of likely N-dealkylation sites (tertiary alicyclic amines) is 1. The number of rotatable bonds is 7. The van der Waals surface area contributed by atoms with E-state index in [0.29, 0.717) is 12.1 Å². The molecule has 1 fully saturated rings. The summed E-state index contributed by atoms with van der Waals surface area (Å²) in [6, 6.07) is 1.29. The van der Waals surface area contributed by atoms with Gasteiger partial charge >= 0.3 is 0 Å². The number of ether oxygens (including phenoxy) is 1. The van der Waals surface area contributed by atoms with E-state index in [9.17, 15) is 0 Å². The van der Waals surface area contributed by atoms with E-state index in [1.54, 1.807) is 7.11 Å². The summed E-state index contributed by atoms with van der Waals surface area (Å²) < 4.78 is 5.11. The molecule has 1 saturated heterocycles. The SMILES string of the molecule is COCCC(C)NC1CCN(CC(C)C)CC1. The molecule has 3 nitrogen and oxygen atoms in total. The molecule has 1 rings (SSSR count). The Hall–Kier alpha value is -0.120. The van der Waals surface area contributed by atoms with Crippen LogP contribution in [0.25, 0.3) is 0 Å². The van der Waals surface area contributed by atoms with Crippen molar-refractivity contribution in [2.75, 3.05) is 33.4 Å². The molecule has 1 atom stereocenters. The average Bonchev–Trinajstić information content (AvgIpc) is 2.28. The molecule has 17 heavy (non-hydrogen) atoms. The molecule has 0 aliphatic carbocycles. The Balaban J connectivity index is 2.14. The third kappa shape index (κ3) is 6.39. The molecule has 0 aromatic heterocycles. The molecule has 1 N–H and O–H groups in total. The minimum atomic E-state index is 0.580. The van der Waals surface area contributed by atoms with E-state index < -0.39 is 0 Å². The van der Waals surface area contributed by atoms with Crippen molar-refractivity contribution in [2.24, 2.45) is 5.92 Å². The predicted octanol–water partition coefficient (Wildman–Crippen LogP) is 2.12. The van der Waals surface area contributed by atoms with E-state index in [4.69, 9.17) is 4.74 Å². The summed E-state index contributed by atoms with van der Waals surface area (Å²) >= 11 is 0. The molecule has 0 aromatic rings. The molecule has 0 amide bonds. The Kier molecular flexibility index (Phi) is 7.09. The summed E-state index contributed by atoms with van der Waals surface area (Å²) in [4.78, 5) is 2.60. The number of nitrogens with one attached hydrogen (secondary N) is 1. The predicted molar refractivity (Wildman–Crippen MR) is 73.4 cm³/mol. The fourth-order valence-electron chi connectivity index (χ4n) is 2.58. The zero-order valence-corrected chi connectivity index (χ0v) is 12.0. The molecular weight excluding hydrogens is 212 g/mol. The van der Waals surface area contributed by atoms with Crippen molar-refractivity contribution in [2.45, 2.75) is 52.1 Å². The summed E-state index contributed by atoms with van der Waals surface area (Å²) in [5.74, 6) is 0.792. The maximum atomic E-state index is 5.11. The number of piperidine rings is 1. The van der Waals surface area contributed by atoms with Crippen molar-refractivity contribution in [3.63, 3.8) is 0 Å². The average molecular weight is 242 g/mol. The van der Waals surface area contributed by atoms with Gasteiger partial charge in [-0.25, -0.2) is 0 Å². The number of methoxy groups -OCH3 is 1. The third-order valence-corrected chi connectivity index (χ3v) is 3.49. The second kappa shape index (κ2) is 8.06. The lowest BCUT2D eigenvalue weighted by molar-refractivity contribution is 0.160. The molecular formula is C14H30N2O. The van der Waals surface area contributed by atoms with Gasteiger partial charge in [-0.05, 0) is 45.2 Å². The fraction of sp³-hybridized carbons (Fsp3) is 1.00. The highest BCUT2D eigenvalue weighted by Crippen LogP contribution is 2.13. The molecule has 1 aliphatic rings. The molecule has 0 radical (unpaired) electrons. The van der Waals surface area contributed by atoms with Crippen LogP contribution in [-0.4, -0.2) is 50.3 Å². The van der Waals surface area contributed by atoms with Crippen molar-refractivity contribution >= 4 is 0 Å². The van der Waals surface area contributed by atoms with Crippen molar-refractivity contribution in [1.29, 1.82) is 0 Å². The highest BCUT2D eigenvalue weighted by molar-refractivity contribution is 4.79. The summed E-state index contributed by atoms with van der Waals surface area (Å²) in [6.07, 6.45) is 3.71. The normalized spacial score (nSPS) is 21.0. The van der Waals surface area contributed by atoms with Gasteiger partial charge in [0.15, 0.2) is 0 Å². The van der Waals surface area contributed by atoms with Crippen LogP contribution in [-0.2, 0) is 4.74 Å². The van der Waals surface area contributed by atoms with Gasteiger partial charge in [-0.1, -0.05) is 13.8 Å². The van der Waals surface area contributed by atoms with Crippen LogP contribution in [0.1, 0.15) is 40.0 Å². The topological polar surface area (TPSA) is 24.5 Å². The molecule has 3 heteroatoms. The Morgan fingerprint density at radius 1 is 1.24 bits per heavy atom. The van der Waals surface area contributed by atoms with Crippen molar-refractivity contribution in [3.8, 4) is 0 Å².